The molecule has 25 heavy (non-hydrogen) atoms. The number of pyridine rings is 1. The second-order valence-electron chi connectivity index (χ2n) is 6.55. The van der Waals surface area contributed by atoms with E-state index in [1.165, 1.54) is 0 Å². The van der Waals surface area contributed by atoms with E-state index in [0.717, 1.165) is 36.3 Å². The van der Waals surface area contributed by atoms with Crippen molar-refractivity contribution in [1.29, 1.82) is 0 Å². The Balaban J connectivity index is 1.88. The van der Waals surface area contributed by atoms with Crippen LogP contribution in [0.25, 0.3) is 0 Å². The van der Waals surface area contributed by atoms with Gasteiger partial charge in [0.05, 0.1) is 10.9 Å². The number of benzene rings is 1. The number of sulfonamides is 1. The molecule has 1 atom stereocenters. The van der Waals surface area contributed by atoms with Crippen LogP contribution < -0.4 is 4.90 Å². The van der Waals surface area contributed by atoms with Crippen LogP contribution in [-0.2, 0) is 10.0 Å². The van der Waals surface area contributed by atoms with Crippen molar-refractivity contribution in [2.24, 2.45) is 0 Å². The average molecular weight is 359 g/mol. The van der Waals surface area contributed by atoms with Gasteiger partial charge in [-0.3, -0.25) is 0 Å². The average Bonchev–Trinajstić information content (AvgIpc) is 3.12. The van der Waals surface area contributed by atoms with Crippen LogP contribution in [0.15, 0.2) is 47.5 Å². The lowest BCUT2D eigenvalue weighted by atomic mass is 10.1. The maximum absolute atomic E-state index is 13.0. The Morgan fingerprint density at radius 2 is 1.92 bits per heavy atom. The quantitative estimate of drug-likeness (QED) is 0.821. The minimum atomic E-state index is -3.49. The zero-order valence-electron chi connectivity index (χ0n) is 15.0. The highest BCUT2D eigenvalue weighted by Crippen LogP contribution is 2.36. The number of hydrogen-bond donors (Lipinski definition) is 0. The minimum Gasteiger partial charge on any atom is -0.360 e. The van der Waals surface area contributed by atoms with Crippen molar-refractivity contribution in [1.82, 2.24) is 9.29 Å². The molecule has 3 rings (SSSR count). The Kier molecular flexibility index (Phi) is 5.11. The summed E-state index contributed by atoms with van der Waals surface area (Å²) in [5, 5.41) is 0. The van der Waals surface area contributed by atoms with E-state index < -0.39 is 10.0 Å². The second kappa shape index (κ2) is 7.14. The summed E-state index contributed by atoms with van der Waals surface area (Å²) >= 11 is 0. The molecule has 2 heterocycles. The Morgan fingerprint density at radius 1 is 1.20 bits per heavy atom. The number of aryl methyl sites for hydroxylation is 1. The van der Waals surface area contributed by atoms with Crippen molar-refractivity contribution in [3.63, 3.8) is 0 Å². The smallest absolute Gasteiger partial charge is 0.243 e. The first-order valence-corrected chi connectivity index (χ1v) is 10.1. The van der Waals surface area contributed by atoms with Gasteiger partial charge in [0, 0.05) is 26.3 Å². The lowest BCUT2D eigenvalue weighted by molar-refractivity contribution is 0.396. The molecule has 0 amide bonds. The van der Waals surface area contributed by atoms with E-state index in [9.17, 15) is 8.42 Å². The van der Waals surface area contributed by atoms with E-state index in [2.05, 4.69) is 16.8 Å². The molecular weight excluding hydrogens is 334 g/mol. The molecule has 1 aromatic carbocycles. The molecule has 0 spiro atoms. The molecule has 2 aromatic rings. The highest BCUT2D eigenvalue weighted by Gasteiger charge is 2.36. The largest absolute Gasteiger partial charge is 0.360 e. The fraction of sp³-hybridized carbons (Fsp3) is 0.421. The summed E-state index contributed by atoms with van der Waals surface area (Å²) in [6.45, 7) is 5.46. The van der Waals surface area contributed by atoms with Gasteiger partial charge >= 0.3 is 0 Å². The summed E-state index contributed by atoms with van der Waals surface area (Å²) in [4.78, 5) is 6.92. The fourth-order valence-electron chi connectivity index (χ4n) is 3.19. The van der Waals surface area contributed by atoms with Crippen molar-refractivity contribution in [3.05, 3.63) is 53.7 Å². The number of hydrogen-bond acceptors (Lipinski definition) is 4. The number of nitrogens with zero attached hydrogens (tertiary/aromatic N) is 3. The van der Waals surface area contributed by atoms with Crippen LogP contribution in [0.2, 0.25) is 0 Å². The molecule has 0 unspecified atom stereocenters. The third-order valence-electron chi connectivity index (χ3n) is 4.85. The zero-order chi connectivity index (χ0) is 18.0. The predicted octanol–water partition coefficient (Wildman–Crippen LogP) is 3.37. The normalized spacial score (nSPS) is 18.4. The molecule has 6 heteroatoms. The third-order valence-corrected chi connectivity index (χ3v) is 6.77. The molecule has 0 N–H and O–H groups in total. The molecule has 0 bridgehead atoms. The first kappa shape index (κ1) is 17.9. The maximum atomic E-state index is 13.0. The molecule has 0 saturated carbocycles. The Labute approximate surface area is 150 Å². The second-order valence-corrected chi connectivity index (χ2v) is 8.44. The van der Waals surface area contributed by atoms with Gasteiger partial charge in [-0.1, -0.05) is 23.8 Å². The monoisotopic (exact) mass is 359 g/mol. The molecule has 0 radical (unpaired) electrons. The minimum absolute atomic E-state index is 0.139. The standard InChI is InChI=1S/C19H25N3O2S/c1-4-21(3)19-12-9-16(14-20-19)18-6-5-13-22(18)25(23,24)17-10-7-15(2)8-11-17/h7-12,14,18H,4-6,13H2,1-3H3/t18-/m0/s1. The summed E-state index contributed by atoms with van der Waals surface area (Å²) in [5.41, 5.74) is 2.01. The molecule has 1 aliphatic rings. The van der Waals surface area contributed by atoms with Crippen LogP contribution in [0.4, 0.5) is 5.82 Å². The van der Waals surface area contributed by atoms with Gasteiger partial charge in [0.15, 0.2) is 0 Å². The van der Waals surface area contributed by atoms with Gasteiger partial charge in [-0.15, -0.1) is 0 Å². The van der Waals surface area contributed by atoms with Crippen LogP contribution in [0.1, 0.15) is 36.9 Å². The summed E-state index contributed by atoms with van der Waals surface area (Å²) < 4.78 is 27.7. The van der Waals surface area contributed by atoms with Crippen LogP contribution in [0, 0.1) is 6.92 Å². The topological polar surface area (TPSA) is 53.5 Å². The fourth-order valence-corrected chi connectivity index (χ4v) is 4.87. The maximum Gasteiger partial charge on any atom is 0.243 e. The molecule has 1 fully saturated rings. The van der Waals surface area contributed by atoms with E-state index in [1.807, 2.05) is 44.4 Å². The van der Waals surface area contributed by atoms with Gasteiger partial charge in [-0.25, -0.2) is 13.4 Å². The van der Waals surface area contributed by atoms with E-state index >= 15 is 0 Å². The van der Waals surface area contributed by atoms with Gasteiger partial charge in [0.25, 0.3) is 0 Å². The summed E-state index contributed by atoms with van der Waals surface area (Å²) in [6.07, 6.45) is 3.51. The van der Waals surface area contributed by atoms with E-state index in [1.54, 1.807) is 16.4 Å². The molecule has 1 aromatic heterocycles. The van der Waals surface area contributed by atoms with Gasteiger partial charge in [-0.2, -0.15) is 4.31 Å². The van der Waals surface area contributed by atoms with Gasteiger partial charge in [-0.05, 0) is 50.5 Å². The first-order valence-electron chi connectivity index (χ1n) is 8.69. The molecule has 0 aliphatic carbocycles. The van der Waals surface area contributed by atoms with Crippen molar-refractivity contribution in [3.8, 4) is 0 Å². The van der Waals surface area contributed by atoms with Crippen LogP contribution in [0.3, 0.4) is 0 Å². The van der Waals surface area contributed by atoms with Crippen molar-refractivity contribution in [2.45, 2.75) is 37.6 Å². The highest BCUT2D eigenvalue weighted by molar-refractivity contribution is 7.89. The molecule has 5 nitrogen and oxygen atoms in total. The molecule has 1 aliphatic heterocycles. The summed E-state index contributed by atoms with van der Waals surface area (Å²) in [6, 6.07) is 10.9. The van der Waals surface area contributed by atoms with Crippen LogP contribution >= 0.6 is 0 Å². The Morgan fingerprint density at radius 3 is 2.52 bits per heavy atom. The summed E-state index contributed by atoms with van der Waals surface area (Å²) in [7, 11) is -1.50. The summed E-state index contributed by atoms with van der Waals surface area (Å²) in [5.74, 6) is 0.900. The zero-order valence-corrected chi connectivity index (χ0v) is 15.8. The number of anilines is 1. The van der Waals surface area contributed by atoms with Crippen molar-refractivity contribution >= 4 is 15.8 Å². The van der Waals surface area contributed by atoms with E-state index in [4.69, 9.17) is 0 Å². The molecule has 134 valence electrons. The van der Waals surface area contributed by atoms with Crippen LogP contribution in [0.5, 0.6) is 0 Å². The lowest BCUT2D eigenvalue weighted by Gasteiger charge is -2.25. The Bertz CT molecular complexity index is 817. The van der Waals surface area contributed by atoms with Gasteiger partial charge in [0.1, 0.15) is 5.82 Å². The SMILES string of the molecule is CCN(C)c1ccc([C@@H]2CCCN2S(=O)(=O)c2ccc(C)cc2)cn1. The third kappa shape index (κ3) is 3.55. The van der Waals surface area contributed by atoms with Gasteiger partial charge < -0.3 is 4.90 Å². The van der Waals surface area contributed by atoms with E-state index in [-0.39, 0.29) is 6.04 Å². The lowest BCUT2D eigenvalue weighted by Crippen LogP contribution is -2.30. The molecular formula is C19H25N3O2S. The van der Waals surface area contributed by atoms with E-state index in [0.29, 0.717) is 11.4 Å². The van der Waals surface area contributed by atoms with Gasteiger partial charge in [0.2, 0.25) is 10.0 Å². The highest BCUT2D eigenvalue weighted by atomic mass is 32.2. The predicted molar refractivity (Wildman–Crippen MR) is 100 cm³/mol. The van der Waals surface area contributed by atoms with Crippen molar-refractivity contribution < 1.29 is 8.42 Å². The van der Waals surface area contributed by atoms with Crippen molar-refractivity contribution in [2.75, 3.05) is 25.0 Å². The first-order chi connectivity index (χ1) is 11.9. The molecule has 1 saturated heterocycles. The Hall–Kier alpha value is -1.92. The van der Waals surface area contributed by atoms with Crippen LogP contribution in [-0.4, -0.2) is 37.8 Å². The number of aromatic nitrogens is 1. The number of rotatable bonds is 5.